The van der Waals surface area contributed by atoms with Crippen molar-refractivity contribution in [2.24, 2.45) is 0 Å². The zero-order chi connectivity index (χ0) is 12.3. The smallest absolute Gasteiger partial charge is 0.107 e. The normalized spacial score (nSPS) is 10.8. The molecule has 0 amide bonds. The molecular weight excluding hydrogens is 294 g/mol. The topological polar surface area (TPSA) is 12.9 Å². The van der Waals surface area contributed by atoms with Crippen molar-refractivity contribution in [3.8, 4) is 0 Å². The molecule has 0 unspecified atom stereocenters. The molecule has 3 heteroatoms. The predicted octanol–water partition coefficient (Wildman–Crippen LogP) is 5.12. The fourth-order valence-electron chi connectivity index (χ4n) is 1.49. The number of aromatic nitrogens is 1. The lowest BCUT2D eigenvalue weighted by atomic mass is 10.0. The van der Waals surface area contributed by atoms with Gasteiger partial charge in [0.15, 0.2) is 0 Å². The molecular formula is C14H14BrNS. The Balaban J connectivity index is 2.14. The van der Waals surface area contributed by atoms with Crippen molar-refractivity contribution in [2.45, 2.75) is 29.7 Å². The maximum Gasteiger partial charge on any atom is 0.107 e. The van der Waals surface area contributed by atoms with Crippen molar-refractivity contribution in [2.75, 3.05) is 0 Å². The Morgan fingerprint density at radius 3 is 2.35 bits per heavy atom. The van der Waals surface area contributed by atoms with Crippen LogP contribution in [-0.4, -0.2) is 4.98 Å². The third-order valence-corrected chi connectivity index (χ3v) is 3.84. The first-order valence-corrected chi connectivity index (χ1v) is 7.16. The number of hydrogen-bond donors (Lipinski definition) is 0. The van der Waals surface area contributed by atoms with E-state index >= 15 is 0 Å². The summed E-state index contributed by atoms with van der Waals surface area (Å²) in [5, 5.41) is 1.01. The SMILES string of the molecule is CC(C)c1ccc(Sc2cccc(Br)n2)cc1. The standard InChI is InChI=1S/C14H14BrNS/c1-10(2)11-6-8-12(9-7-11)17-14-5-3-4-13(15)16-14/h3-10H,1-2H3. The van der Waals surface area contributed by atoms with Gasteiger partial charge in [-0.3, -0.25) is 0 Å². The fraction of sp³-hybridized carbons (Fsp3) is 0.214. The van der Waals surface area contributed by atoms with E-state index in [2.05, 4.69) is 59.0 Å². The highest BCUT2D eigenvalue weighted by molar-refractivity contribution is 9.10. The summed E-state index contributed by atoms with van der Waals surface area (Å²) in [5.41, 5.74) is 1.37. The van der Waals surface area contributed by atoms with Crippen LogP contribution >= 0.6 is 27.7 Å². The van der Waals surface area contributed by atoms with Crippen molar-refractivity contribution in [1.29, 1.82) is 0 Å². The minimum atomic E-state index is 0.582. The number of nitrogens with zero attached hydrogens (tertiary/aromatic N) is 1. The summed E-state index contributed by atoms with van der Waals surface area (Å²) in [6.45, 7) is 4.41. The molecule has 0 atom stereocenters. The van der Waals surface area contributed by atoms with E-state index in [1.54, 1.807) is 11.8 Å². The van der Waals surface area contributed by atoms with Crippen LogP contribution in [0.15, 0.2) is 57.0 Å². The van der Waals surface area contributed by atoms with Gasteiger partial charge in [0.25, 0.3) is 0 Å². The van der Waals surface area contributed by atoms with Crippen molar-refractivity contribution < 1.29 is 0 Å². The molecule has 0 aliphatic rings. The van der Waals surface area contributed by atoms with Crippen LogP contribution < -0.4 is 0 Å². The van der Waals surface area contributed by atoms with Crippen molar-refractivity contribution >= 4 is 27.7 Å². The Labute approximate surface area is 115 Å². The molecule has 88 valence electrons. The Bertz CT molecular complexity index is 494. The molecule has 0 aliphatic heterocycles. The third-order valence-electron chi connectivity index (χ3n) is 2.46. The summed E-state index contributed by atoms with van der Waals surface area (Å²) >= 11 is 5.06. The van der Waals surface area contributed by atoms with E-state index in [0.29, 0.717) is 5.92 Å². The molecule has 0 fully saturated rings. The maximum atomic E-state index is 4.41. The summed E-state index contributed by atoms with van der Waals surface area (Å²) in [5.74, 6) is 0.582. The van der Waals surface area contributed by atoms with Crippen LogP contribution in [0.3, 0.4) is 0 Å². The highest BCUT2D eigenvalue weighted by atomic mass is 79.9. The summed E-state index contributed by atoms with van der Waals surface area (Å²) in [4.78, 5) is 5.63. The average molecular weight is 308 g/mol. The quantitative estimate of drug-likeness (QED) is 0.730. The zero-order valence-electron chi connectivity index (χ0n) is 9.85. The van der Waals surface area contributed by atoms with E-state index in [0.717, 1.165) is 9.63 Å². The van der Waals surface area contributed by atoms with Gasteiger partial charge in [0.05, 0.1) is 0 Å². The van der Waals surface area contributed by atoms with Crippen LogP contribution in [0.5, 0.6) is 0 Å². The van der Waals surface area contributed by atoms with Crippen LogP contribution in [0.1, 0.15) is 25.3 Å². The van der Waals surface area contributed by atoms with E-state index in [4.69, 9.17) is 0 Å². The predicted molar refractivity (Wildman–Crippen MR) is 76.6 cm³/mol. The van der Waals surface area contributed by atoms with Crippen molar-refractivity contribution in [1.82, 2.24) is 4.98 Å². The van der Waals surface area contributed by atoms with Gasteiger partial charge in [0, 0.05) is 4.90 Å². The number of rotatable bonds is 3. The van der Waals surface area contributed by atoms with Gasteiger partial charge in [0.1, 0.15) is 9.63 Å². The molecule has 1 nitrogen and oxygen atoms in total. The van der Waals surface area contributed by atoms with Gasteiger partial charge in [0.2, 0.25) is 0 Å². The molecule has 2 aromatic rings. The minimum absolute atomic E-state index is 0.582. The van der Waals surface area contributed by atoms with Gasteiger partial charge in [-0.25, -0.2) is 4.98 Å². The third kappa shape index (κ3) is 3.58. The van der Waals surface area contributed by atoms with Gasteiger partial charge in [-0.2, -0.15) is 0 Å². The zero-order valence-corrected chi connectivity index (χ0v) is 12.3. The van der Waals surface area contributed by atoms with Crippen molar-refractivity contribution in [3.63, 3.8) is 0 Å². The van der Waals surface area contributed by atoms with Gasteiger partial charge < -0.3 is 0 Å². The molecule has 0 radical (unpaired) electrons. The van der Waals surface area contributed by atoms with Gasteiger partial charge in [-0.1, -0.05) is 43.8 Å². The number of hydrogen-bond acceptors (Lipinski definition) is 2. The summed E-state index contributed by atoms with van der Waals surface area (Å²) in [7, 11) is 0. The summed E-state index contributed by atoms with van der Waals surface area (Å²) in [6.07, 6.45) is 0. The molecule has 1 aromatic carbocycles. The van der Waals surface area contributed by atoms with E-state index in [9.17, 15) is 0 Å². The lowest BCUT2D eigenvalue weighted by molar-refractivity contribution is 0.865. The first-order chi connectivity index (χ1) is 8.15. The molecule has 2 rings (SSSR count). The molecule has 1 aromatic heterocycles. The molecule has 0 saturated carbocycles. The molecule has 0 aliphatic carbocycles. The Kier molecular flexibility index (Phi) is 4.24. The first-order valence-electron chi connectivity index (χ1n) is 5.55. The van der Waals surface area contributed by atoms with Crippen LogP contribution in [0, 0.1) is 0 Å². The number of halogens is 1. The monoisotopic (exact) mass is 307 g/mol. The van der Waals surface area contributed by atoms with E-state index in [-0.39, 0.29) is 0 Å². The van der Waals surface area contributed by atoms with Crippen molar-refractivity contribution in [3.05, 3.63) is 52.6 Å². The first kappa shape index (κ1) is 12.7. The highest BCUT2D eigenvalue weighted by Crippen LogP contribution is 2.28. The molecule has 17 heavy (non-hydrogen) atoms. The highest BCUT2D eigenvalue weighted by Gasteiger charge is 2.01. The van der Waals surface area contributed by atoms with E-state index in [1.807, 2.05) is 18.2 Å². The van der Waals surface area contributed by atoms with Crippen LogP contribution in [0.25, 0.3) is 0 Å². The second-order valence-electron chi connectivity index (χ2n) is 4.12. The summed E-state index contributed by atoms with van der Waals surface area (Å²) in [6, 6.07) is 14.6. The van der Waals surface area contributed by atoms with E-state index in [1.165, 1.54) is 10.5 Å². The molecule has 0 N–H and O–H groups in total. The molecule has 0 bridgehead atoms. The number of pyridine rings is 1. The lowest BCUT2D eigenvalue weighted by Crippen LogP contribution is -1.86. The molecule has 0 spiro atoms. The minimum Gasteiger partial charge on any atom is -0.234 e. The van der Waals surface area contributed by atoms with Gasteiger partial charge >= 0.3 is 0 Å². The largest absolute Gasteiger partial charge is 0.234 e. The van der Waals surface area contributed by atoms with Crippen LogP contribution in [0.4, 0.5) is 0 Å². The Morgan fingerprint density at radius 2 is 1.76 bits per heavy atom. The summed E-state index contributed by atoms with van der Waals surface area (Å²) < 4.78 is 0.876. The maximum absolute atomic E-state index is 4.41. The van der Waals surface area contributed by atoms with E-state index < -0.39 is 0 Å². The average Bonchev–Trinajstić information content (AvgIpc) is 2.29. The second-order valence-corrected chi connectivity index (χ2v) is 6.03. The molecule has 0 saturated heterocycles. The Hall–Kier alpha value is -0.800. The lowest BCUT2D eigenvalue weighted by Gasteiger charge is -2.06. The molecule has 1 heterocycles. The van der Waals surface area contributed by atoms with Gasteiger partial charge in [-0.15, -0.1) is 0 Å². The van der Waals surface area contributed by atoms with Gasteiger partial charge in [-0.05, 0) is 51.7 Å². The number of benzene rings is 1. The Morgan fingerprint density at radius 1 is 1.06 bits per heavy atom. The van der Waals surface area contributed by atoms with Crippen LogP contribution in [-0.2, 0) is 0 Å². The second kappa shape index (κ2) is 5.69. The van der Waals surface area contributed by atoms with Crippen LogP contribution in [0.2, 0.25) is 0 Å². The fourth-order valence-corrected chi connectivity index (χ4v) is 2.75.